The van der Waals surface area contributed by atoms with E-state index in [0.29, 0.717) is 0 Å². The molecule has 14 rings (SSSR count). The summed E-state index contributed by atoms with van der Waals surface area (Å²) in [5, 5.41) is 0. The zero-order chi connectivity index (χ0) is 62.9. The largest absolute Gasteiger partial charge is 0.311 e. The second-order valence-corrected chi connectivity index (χ2v) is 34.9. The molecule has 4 heteroatoms. The van der Waals surface area contributed by atoms with Crippen molar-refractivity contribution in [2.45, 2.75) is 233 Å². The Labute approximate surface area is 530 Å². The van der Waals surface area contributed by atoms with Crippen LogP contribution in [-0.2, 0) is 48.7 Å². The van der Waals surface area contributed by atoms with E-state index in [4.69, 9.17) is 0 Å². The molecule has 0 bridgehead atoms. The molecular formula is C84H98BN3. The Kier molecular flexibility index (Phi) is 12.5. The van der Waals surface area contributed by atoms with Crippen LogP contribution in [0.25, 0.3) is 11.1 Å². The maximum atomic E-state index is 2.80. The third kappa shape index (κ3) is 8.69. The molecule has 0 saturated carbocycles. The van der Waals surface area contributed by atoms with Crippen LogP contribution in [0.5, 0.6) is 0 Å². The Morgan fingerprint density at radius 2 is 0.727 bits per heavy atom. The monoisotopic (exact) mass is 1160 g/mol. The van der Waals surface area contributed by atoms with Crippen LogP contribution in [0.3, 0.4) is 0 Å². The number of aryl methyl sites for hydroxylation is 2. The summed E-state index contributed by atoms with van der Waals surface area (Å²) in [4.78, 5) is 8.17. The lowest BCUT2D eigenvalue weighted by Crippen LogP contribution is -2.62. The highest BCUT2D eigenvalue weighted by atomic mass is 15.2. The van der Waals surface area contributed by atoms with Gasteiger partial charge < -0.3 is 14.7 Å². The average Bonchev–Trinajstić information content (AvgIpc) is 1.02. The van der Waals surface area contributed by atoms with Gasteiger partial charge in [0.15, 0.2) is 0 Å². The zero-order valence-corrected chi connectivity index (χ0v) is 57.7. The Morgan fingerprint density at radius 3 is 1.17 bits per heavy atom. The van der Waals surface area contributed by atoms with Crippen molar-refractivity contribution in [3.05, 3.63) is 200 Å². The molecule has 0 atom stereocenters. The second kappa shape index (κ2) is 18.7. The van der Waals surface area contributed by atoms with E-state index in [1.165, 1.54) is 141 Å². The third-order valence-corrected chi connectivity index (χ3v) is 23.3. The smallest absolute Gasteiger partial charge is 0.252 e. The average molecular weight is 1160 g/mol. The lowest BCUT2D eigenvalue weighted by molar-refractivity contribution is 0.332. The van der Waals surface area contributed by atoms with Gasteiger partial charge >= 0.3 is 0 Å². The SMILES string of the molecule is Cc1cc2c(cc1N1c3cc4c(cc3B3c5cc6c(cc5N(c5cc7c(cc5C)C(C)(C)CCC7(C)C)c5cc(N(c7ccc(C(C)(C)C)cc7)c7ccc(C(C)(C)C)cc7)cc1c53)C(C)(C)CC6(C)C)C(C)(C)c1ccccc1-4)C(C)(C)CCC2(C)C. The molecule has 0 unspecified atom stereocenters. The molecular weight excluding hydrogens is 1060 g/mol. The highest BCUT2D eigenvalue weighted by molar-refractivity contribution is 7.00. The summed E-state index contributed by atoms with van der Waals surface area (Å²) >= 11 is 0. The summed E-state index contributed by atoms with van der Waals surface area (Å²) in [6, 6.07) is 54.9. The van der Waals surface area contributed by atoms with E-state index in [2.05, 4.69) is 300 Å². The van der Waals surface area contributed by atoms with Gasteiger partial charge in [0.2, 0.25) is 0 Å². The van der Waals surface area contributed by atoms with Gasteiger partial charge in [0.25, 0.3) is 6.71 Å². The van der Waals surface area contributed by atoms with Crippen LogP contribution in [0.1, 0.15) is 237 Å². The van der Waals surface area contributed by atoms with Gasteiger partial charge in [0.1, 0.15) is 0 Å². The first kappa shape index (κ1) is 58.9. The molecule has 0 aromatic heterocycles. The van der Waals surface area contributed by atoms with Crippen LogP contribution in [0.2, 0.25) is 0 Å². The van der Waals surface area contributed by atoms with E-state index in [1.54, 1.807) is 0 Å². The van der Waals surface area contributed by atoms with Gasteiger partial charge in [0.05, 0.1) is 5.69 Å². The molecule has 2 aliphatic heterocycles. The molecule has 0 spiro atoms. The first-order valence-corrected chi connectivity index (χ1v) is 33.5. The topological polar surface area (TPSA) is 9.72 Å². The van der Waals surface area contributed by atoms with Crippen molar-refractivity contribution in [1.82, 2.24) is 0 Å². The maximum absolute atomic E-state index is 2.80. The summed E-state index contributed by atoms with van der Waals surface area (Å²) in [5.74, 6) is 0. The molecule has 3 nitrogen and oxygen atoms in total. The van der Waals surface area contributed by atoms with E-state index >= 15 is 0 Å². The first-order chi connectivity index (χ1) is 40.9. The number of hydrogen-bond donors (Lipinski definition) is 0. The van der Waals surface area contributed by atoms with Crippen molar-refractivity contribution in [3.63, 3.8) is 0 Å². The van der Waals surface area contributed by atoms with Gasteiger partial charge in [-0.15, -0.1) is 0 Å². The fraction of sp³-hybridized carbons (Fsp3) is 0.429. The predicted octanol–water partition coefficient (Wildman–Crippen LogP) is 21.4. The van der Waals surface area contributed by atoms with Crippen LogP contribution in [0.4, 0.5) is 51.2 Å². The van der Waals surface area contributed by atoms with Crippen molar-refractivity contribution in [1.29, 1.82) is 0 Å². The van der Waals surface area contributed by atoms with Crippen LogP contribution in [0, 0.1) is 13.8 Å². The maximum Gasteiger partial charge on any atom is 0.252 e. The Bertz CT molecular complexity index is 4200. The number of benzene rings is 8. The van der Waals surface area contributed by atoms with Crippen molar-refractivity contribution < 1.29 is 0 Å². The highest BCUT2D eigenvalue weighted by Gasteiger charge is 2.51. The summed E-state index contributed by atoms with van der Waals surface area (Å²) in [6.45, 7) is 53.7. The molecule has 4 aliphatic carbocycles. The van der Waals surface area contributed by atoms with Gasteiger partial charge in [-0.1, -0.05) is 211 Å². The number of hydrogen-bond acceptors (Lipinski definition) is 3. The first-order valence-electron chi connectivity index (χ1n) is 33.5. The fourth-order valence-electron chi connectivity index (χ4n) is 17.9. The molecule has 0 amide bonds. The number of fused-ring (bicyclic) bond motifs is 10. The number of anilines is 9. The summed E-state index contributed by atoms with van der Waals surface area (Å²) in [6.07, 6.45) is 5.74. The Morgan fingerprint density at radius 1 is 0.352 bits per heavy atom. The van der Waals surface area contributed by atoms with E-state index in [9.17, 15) is 0 Å². The van der Waals surface area contributed by atoms with Gasteiger partial charge in [0, 0.05) is 50.9 Å². The van der Waals surface area contributed by atoms with Crippen LogP contribution in [0.15, 0.2) is 133 Å². The molecule has 0 fully saturated rings. The molecule has 88 heavy (non-hydrogen) atoms. The van der Waals surface area contributed by atoms with Crippen LogP contribution >= 0.6 is 0 Å². The number of nitrogens with zero attached hydrogens (tertiary/aromatic N) is 3. The Balaban J connectivity index is 1.17. The van der Waals surface area contributed by atoms with Gasteiger partial charge in [-0.05, 0) is 244 Å². The molecule has 0 saturated heterocycles. The quantitative estimate of drug-likeness (QED) is 0.159. The Hall–Kier alpha value is -6.78. The van der Waals surface area contributed by atoms with Crippen molar-refractivity contribution >= 4 is 74.3 Å². The molecule has 2 heterocycles. The molecule has 452 valence electrons. The summed E-state index contributed by atoms with van der Waals surface area (Å²) in [5.41, 5.74) is 34.9. The normalized spacial score (nSPS) is 19.6. The summed E-state index contributed by atoms with van der Waals surface area (Å²) in [7, 11) is 0. The lowest BCUT2D eigenvalue weighted by atomic mass is 9.33. The molecule has 8 aromatic rings. The van der Waals surface area contributed by atoms with Crippen molar-refractivity contribution in [3.8, 4) is 11.1 Å². The lowest BCUT2D eigenvalue weighted by Gasteiger charge is -2.48. The van der Waals surface area contributed by atoms with Crippen molar-refractivity contribution in [2.75, 3.05) is 14.7 Å². The minimum absolute atomic E-state index is 0.00172. The molecule has 8 aromatic carbocycles. The summed E-state index contributed by atoms with van der Waals surface area (Å²) < 4.78 is 0. The fourth-order valence-corrected chi connectivity index (χ4v) is 17.9. The minimum Gasteiger partial charge on any atom is -0.311 e. The second-order valence-electron chi connectivity index (χ2n) is 34.9. The van der Waals surface area contributed by atoms with Crippen LogP contribution in [-0.4, -0.2) is 6.71 Å². The highest BCUT2D eigenvalue weighted by Crippen LogP contribution is 2.59. The standard InChI is InChI=1S/C84H98BN3/c1-50-39-61-64(80(13,14)37-35-78(61,9)10)46-69(50)87-71-43-58-57-25-23-24-26-59(57)84(21,22)60(58)44-67(71)85-68-45-63-66(83(19,20)49-82(63,17)18)48-72(68)88(70-47-65-62(40-51(70)2)79(11,12)36-38-81(65,15)16)74-42-56(41-73(87)75(74)85)86(54-31-27-52(28-32-54)76(3,4)5)55-33-29-53(30-34-55)77(6,7)8/h23-34,39-48H,35-38,49H2,1-22H3. The molecule has 0 radical (unpaired) electrons. The minimum atomic E-state index is -0.198. The van der Waals surface area contributed by atoms with Gasteiger partial charge in [-0.25, -0.2) is 0 Å². The van der Waals surface area contributed by atoms with Gasteiger partial charge in [-0.2, -0.15) is 0 Å². The van der Waals surface area contributed by atoms with Crippen molar-refractivity contribution in [2.24, 2.45) is 0 Å². The third-order valence-electron chi connectivity index (χ3n) is 23.3. The van der Waals surface area contributed by atoms with E-state index in [0.717, 1.165) is 36.3 Å². The van der Waals surface area contributed by atoms with Crippen LogP contribution < -0.4 is 31.1 Å². The zero-order valence-electron chi connectivity index (χ0n) is 57.7. The van der Waals surface area contributed by atoms with E-state index < -0.39 is 0 Å². The van der Waals surface area contributed by atoms with Gasteiger partial charge in [-0.3, -0.25) is 0 Å². The van der Waals surface area contributed by atoms with E-state index in [1.807, 2.05) is 0 Å². The molecule has 0 N–H and O–H groups in total. The predicted molar refractivity (Wildman–Crippen MR) is 381 cm³/mol. The number of rotatable bonds is 5. The molecule has 6 aliphatic rings. The van der Waals surface area contributed by atoms with E-state index in [-0.39, 0.29) is 55.4 Å².